The molecule has 2 aromatic rings. The predicted molar refractivity (Wildman–Crippen MR) is 82.1 cm³/mol. The van der Waals surface area contributed by atoms with Crippen LogP contribution in [-0.2, 0) is 19.6 Å². The van der Waals surface area contributed by atoms with Gasteiger partial charge in [-0.25, -0.2) is 0 Å². The molecular weight excluding hydrogens is 268 g/mol. The van der Waals surface area contributed by atoms with E-state index in [4.69, 9.17) is 4.74 Å². The fourth-order valence-electron chi connectivity index (χ4n) is 1.98. The molecule has 20 heavy (non-hydrogen) atoms. The number of aromatic nitrogens is 1. The van der Waals surface area contributed by atoms with Crippen LogP contribution < -0.4 is 10.1 Å². The molecule has 0 radical (unpaired) electrons. The van der Waals surface area contributed by atoms with Gasteiger partial charge in [0.15, 0.2) is 0 Å². The maximum absolute atomic E-state index is 5.77. The maximum Gasteiger partial charge on any atom is 0.138 e. The van der Waals surface area contributed by atoms with Crippen molar-refractivity contribution in [2.24, 2.45) is 0 Å². The van der Waals surface area contributed by atoms with E-state index >= 15 is 0 Å². The number of aryl methyl sites for hydroxylation is 1. The molecule has 106 valence electrons. The van der Waals surface area contributed by atoms with Gasteiger partial charge in [0, 0.05) is 22.3 Å². The van der Waals surface area contributed by atoms with Crippen molar-refractivity contribution < 1.29 is 4.74 Å². The Morgan fingerprint density at radius 2 is 2.10 bits per heavy atom. The van der Waals surface area contributed by atoms with Crippen molar-refractivity contribution in [3.63, 3.8) is 0 Å². The molecule has 2 heterocycles. The monoisotopic (exact) mass is 288 g/mol. The minimum absolute atomic E-state index is 0.631. The van der Waals surface area contributed by atoms with Gasteiger partial charge in [0.2, 0.25) is 0 Å². The summed E-state index contributed by atoms with van der Waals surface area (Å²) >= 11 is 1.82. The zero-order valence-electron chi connectivity index (χ0n) is 11.8. The number of nitrogens with zero attached hydrogens (tertiary/aromatic N) is 1. The van der Waals surface area contributed by atoms with Crippen molar-refractivity contribution in [2.45, 2.75) is 45.4 Å². The van der Waals surface area contributed by atoms with Crippen LogP contribution in [0.5, 0.6) is 5.75 Å². The fourth-order valence-corrected chi connectivity index (χ4v) is 2.85. The van der Waals surface area contributed by atoms with E-state index < -0.39 is 0 Å². The van der Waals surface area contributed by atoms with Gasteiger partial charge >= 0.3 is 0 Å². The molecule has 0 aromatic carbocycles. The third-order valence-corrected chi connectivity index (χ3v) is 4.60. The largest absolute Gasteiger partial charge is 0.486 e. The van der Waals surface area contributed by atoms with Gasteiger partial charge in [-0.1, -0.05) is 6.92 Å². The van der Waals surface area contributed by atoms with Crippen LogP contribution in [0.4, 0.5) is 0 Å². The maximum atomic E-state index is 5.77. The van der Waals surface area contributed by atoms with Crippen LogP contribution in [0.25, 0.3) is 0 Å². The molecule has 1 fully saturated rings. The Morgan fingerprint density at radius 3 is 2.75 bits per heavy atom. The SMILES string of the molecule is CCc1ccc(COc2ccc(CNC3CC3)nc2)s1. The lowest BCUT2D eigenvalue weighted by Gasteiger charge is -2.06. The summed E-state index contributed by atoms with van der Waals surface area (Å²) < 4.78 is 5.77. The van der Waals surface area contributed by atoms with Crippen LogP contribution in [0.1, 0.15) is 35.2 Å². The second kappa shape index (κ2) is 6.37. The van der Waals surface area contributed by atoms with E-state index in [9.17, 15) is 0 Å². The van der Waals surface area contributed by atoms with E-state index in [0.29, 0.717) is 6.61 Å². The van der Waals surface area contributed by atoms with Gasteiger partial charge < -0.3 is 10.1 Å². The third kappa shape index (κ3) is 3.81. The van der Waals surface area contributed by atoms with Crippen LogP contribution in [0.2, 0.25) is 0 Å². The Bertz CT molecular complexity index is 546. The van der Waals surface area contributed by atoms with Crippen molar-refractivity contribution in [1.82, 2.24) is 10.3 Å². The summed E-state index contributed by atoms with van der Waals surface area (Å²) in [5, 5.41) is 3.46. The molecule has 0 unspecified atom stereocenters. The molecule has 1 saturated carbocycles. The molecule has 4 heteroatoms. The van der Waals surface area contributed by atoms with Crippen molar-refractivity contribution in [3.8, 4) is 5.75 Å². The number of nitrogens with one attached hydrogen (secondary N) is 1. The molecule has 0 aliphatic heterocycles. The number of ether oxygens (including phenoxy) is 1. The highest BCUT2D eigenvalue weighted by atomic mass is 32.1. The van der Waals surface area contributed by atoms with E-state index in [1.54, 1.807) is 0 Å². The second-order valence-corrected chi connectivity index (χ2v) is 6.40. The first kappa shape index (κ1) is 13.6. The Balaban J connectivity index is 1.49. The number of hydrogen-bond donors (Lipinski definition) is 1. The van der Waals surface area contributed by atoms with E-state index in [1.807, 2.05) is 29.7 Å². The molecule has 1 aliphatic carbocycles. The molecule has 2 aromatic heterocycles. The topological polar surface area (TPSA) is 34.1 Å². The Hall–Kier alpha value is -1.39. The number of rotatable bonds is 7. The first-order valence-corrected chi connectivity index (χ1v) is 8.04. The van der Waals surface area contributed by atoms with Gasteiger partial charge in [-0.3, -0.25) is 4.98 Å². The van der Waals surface area contributed by atoms with Gasteiger partial charge in [0.1, 0.15) is 12.4 Å². The highest BCUT2D eigenvalue weighted by molar-refractivity contribution is 7.11. The lowest BCUT2D eigenvalue weighted by molar-refractivity contribution is 0.308. The third-order valence-electron chi connectivity index (χ3n) is 3.39. The first-order chi connectivity index (χ1) is 9.83. The van der Waals surface area contributed by atoms with Crippen LogP contribution in [0, 0.1) is 0 Å². The number of pyridine rings is 1. The molecular formula is C16H20N2OS. The molecule has 1 aliphatic rings. The normalized spacial score (nSPS) is 14.4. The molecule has 1 N–H and O–H groups in total. The lowest BCUT2D eigenvalue weighted by atomic mass is 10.3. The molecule has 0 saturated heterocycles. The highest BCUT2D eigenvalue weighted by Crippen LogP contribution is 2.20. The van der Waals surface area contributed by atoms with Gasteiger partial charge in [-0.2, -0.15) is 0 Å². The average molecular weight is 288 g/mol. The highest BCUT2D eigenvalue weighted by Gasteiger charge is 2.20. The van der Waals surface area contributed by atoms with E-state index in [2.05, 4.69) is 29.4 Å². The molecule has 0 spiro atoms. The van der Waals surface area contributed by atoms with Crippen molar-refractivity contribution in [1.29, 1.82) is 0 Å². The van der Waals surface area contributed by atoms with E-state index in [1.165, 1.54) is 22.6 Å². The predicted octanol–water partition coefficient (Wildman–Crippen LogP) is 3.54. The zero-order chi connectivity index (χ0) is 13.8. The van der Waals surface area contributed by atoms with E-state index in [-0.39, 0.29) is 0 Å². The summed E-state index contributed by atoms with van der Waals surface area (Å²) in [6.07, 6.45) is 5.52. The van der Waals surface area contributed by atoms with Crippen molar-refractivity contribution in [2.75, 3.05) is 0 Å². The fraction of sp³-hybridized carbons (Fsp3) is 0.438. The minimum atomic E-state index is 0.631. The summed E-state index contributed by atoms with van der Waals surface area (Å²) in [5.74, 6) is 0.839. The summed E-state index contributed by atoms with van der Waals surface area (Å²) in [6.45, 7) is 3.66. The standard InChI is InChI=1S/C16H20N2OS/c1-2-15-7-8-16(20-15)11-19-14-6-5-13(18-10-14)9-17-12-3-4-12/h5-8,10,12,17H,2-4,9,11H2,1H3. The van der Waals surface area contributed by atoms with Crippen LogP contribution in [0.3, 0.4) is 0 Å². The summed E-state index contributed by atoms with van der Waals surface area (Å²) in [5.41, 5.74) is 1.08. The number of thiophene rings is 1. The molecule has 0 bridgehead atoms. The van der Waals surface area contributed by atoms with Crippen LogP contribution in [-0.4, -0.2) is 11.0 Å². The summed E-state index contributed by atoms with van der Waals surface area (Å²) in [4.78, 5) is 7.10. The molecule has 0 amide bonds. The molecule has 3 rings (SSSR count). The Labute approximate surface area is 124 Å². The average Bonchev–Trinajstić information content (AvgIpc) is 3.21. The molecule has 3 nitrogen and oxygen atoms in total. The second-order valence-electron chi connectivity index (χ2n) is 5.15. The summed E-state index contributed by atoms with van der Waals surface area (Å²) in [7, 11) is 0. The van der Waals surface area contributed by atoms with Crippen LogP contribution in [0.15, 0.2) is 30.5 Å². The quantitative estimate of drug-likeness (QED) is 0.846. The Kier molecular flexibility index (Phi) is 4.33. The zero-order valence-corrected chi connectivity index (χ0v) is 12.6. The van der Waals surface area contributed by atoms with Crippen molar-refractivity contribution in [3.05, 3.63) is 45.9 Å². The first-order valence-electron chi connectivity index (χ1n) is 7.22. The molecule has 0 atom stereocenters. The van der Waals surface area contributed by atoms with Gasteiger partial charge in [0.25, 0.3) is 0 Å². The van der Waals surface area contributed by atoms with Gasteiger partial charge in [-0.15, -0.1) is 11.3 Å². The van der Waals surface area contributed by atoms with Gasteiger partial charge in [-0.05, 0) is 43.5 Å². The summed E-state index contributed by atoms with van der Waals surface area (Å²) in [6, 6.07) is 9.08. The minimum Gasteiger partial charge on any atom is -0.486 e. The smallest absolute Gasteiger partial charge is 0.138 e. The van der Waals surface area contributed by atoms with Crippen LogP contribution >= 0.6 is 11.3 Å². The lowest BCUT2D eigenvalue weighted by Crippen LogP contribution is -2.16. The number of hydrogen-bond acceptors (Lipinski definition) is 4. The van der Waals surface area contributed by atoms with E-state index in [0.717, 1.165) is 30.5 Å². The van der Waals surface area contributed by atoms with Gasteiger partial charge in [0.05, 0.1) is 11.9 Å². The Morgan fingerprint density at radius 1 is 1.25 bits per heavy atom. The van der Waals surface area contributed by atoms with Crippen molar-refractivity contribution >= 4 is 11.3 Å².